The van der Waals surface area contributed by atoms with E-state index in [1.54, 1.807) is 10.9 Å². The maximum absolute atomic E-state index is 12.4. The highest BCUT2D eigenvalue weighted by atomic mass is 16.2. The molecule has 0 unspecified atom stereocenters. The van der Waals surface area contributed by atoms with Crippen molar-refractivity contribution in [1.29, 1.82) is 0 Å². The molecular formula is C16H20N4O. The van der Waals surface area contributed by atoms with Gasteiger partial charge in [0.15, 0.2) is 5.69 Å². The van der Waals surface area contributed by atoms with E-state index >= 15 is 0 Å². The third kappa shape index (κ3) is 3.12. The fraction of sp³-hybridized carbons (Fsp3) is 0.438. The molecule has 1 aromatic carbocycles. The maximum Gasteiger partial charge on any atom is 0.276 e. The molecule has 2 aromatic rings. The molecule has 0 saturated heterocycles. The highest BCUT2D eigenvalue weighted by Gasteiger charge is 2.25. The summed E-state index contributed by atoms with van der Waals surface area (Å²) in [5.74, 6) is -0.0267. The lowest BCUT2D eigenvalue weighted by Crippen LogP contribution is -2.35. The van der Waals surface area contributed by atoms with E-state index in [2.05, 4.69) is 10.3 Å². The van der Waals surface area contributed by atoms with E-state index in [1.165, 1.54) is 12.8 Å². The summed E-state index contributed by atoms with van der Waals surface area (Å²) in [5.41, 5.74) is 1.57. The maximum atomic E-state index is 12.4. The Morgan fingerprint density at radius 3 is 2.71 bits per heavy atom. The summed E-state index contributed by atoms with van der Waals surface area (Å²) in [5, 5.41) is 8.09. The summed E-state index contributed by atoms with van der Waals surface area (Å²) in [4.78, 5) is 14.2. The first-order valence-corrected chi connectivity index (χ1v) is 7.45. The molecule has 5 nitrogen and oxygen atoms in total. The standard InChI is InChI=1S/C16H20N4O/c1-19(14-9-5-6-10-14)16(21)15-12-20(18-17-15)11-13-7-3-2-4-8-13/h2-4,7-8,12,14H,5-6,9-11H2,1H3. The predicted octanol–water partition coefficient (Wildman–Crippen LogP) is 2.34. The Bertz CT molecular complexity index is 602. The molecule has 1 aliphatic carbocycles. The van der Waals surface area contributed by atoms with Crippen LogP contribution in [0.3, 0.4) is 0 Å². The normalized spacial score (nSPS) is 15.3. The van der Waals surface area contributed by atoms with E-state index in [1.807, 2.05) is 42.3 Å². The van der Waals surface area contributed by atoms with Gasteiger partial charge >= 0.3 is 0 Å². The van der Waals surface area contributed by atoms with Crippen molar-refractivity contribution in [2.24, 2.45) is 0 Å². The lowest BCUT2D eigenvalue weighted by molar-refractivity contribution is 0.0729. The molecule has 0 N–H and O–H groups in total. The first-order chi connectivity index (χ1) is 10.2. The molecule has 0 atom stereocenters. The largest absolute Gasteiger partial charge is 0.337 e. The summed E-state index contributed by atoms with van der Waals surface area (Å²) in [6.45, 7) is 0.633. The monoisotopic (exact) mass is 284 g/mol. The van der Waals surface area contributed by atoms with Crippen molar-refractivity contribution in [2.75, 3.05) is 7.05 Å². The number of carbonyl (C=O) groups excluding carboxylic acids is 1. The van der Waals surface area contributed by atoms with E-state index < -0.39 is 0 Å². The van der Waals surface area contributed by atoms with Gasteiger partial charge in [0.05, 0.1) is 12.7 Å². The number of nitrogens with zero attached hydrogens (tertiary/aromatic N) is 4. The van der Waals surface area contributed by atoms with Crippen molar-refractivity contribution < 1.29 is 4.79 Å². The zero-order valence-electron chi connectivity index (χ0n) is 12.3. The summed E-state index contributed by atoms with van der Waals surface area (Å²) in [6.07, 6.45) is 6.35. The molecule has 0 spiro atoms. The van der Waals surface area contributed by atoms with Crippen LogP contribution in [0.5, 0.6) is 0 Å². The minimum atomic E-state index is -0.0267. The summed E-state index contributed by atoms with van der Waals surface area (Å²) >= 11 is 0. The Morgan fingerprint density at radius 2 is 2.00 bits per heavy atom. The van der Waals surface area contributed by atoms with Crippen LogP contribution in [0.25, 0.3) is 0 Å². The van der Waals surface area contributed by atoms with Crippen LogP contribution in [-0.4, -0.2) is 38.9 Å². The molecule has 1 heterocycles. The van der Waals surface area contributed by atoms with Gasteiger partial charge in [-0.3, -0.25) is 4.79 Å². The van der Waals surface area contributed by atoms with E-state index in [0.717, 1.165) is 18.4 Å². The molecule has 1 amide bonds. The molecule has 0 aliphatic heterocycles. The molecule has 3 rings (SSSR count). The van der Waals surface area contributed by atoms with Crippen LogP contribution in [0.4, 0.5) is 0 Å². The number of aromatic nitrogens is 3. The minimum absolute atomic E-state index is 0.0267. The smallest absolute Gasteiger partial charge is 0.276 e. The van der Waals surface area contributed by atoms with Crippen LogP contribution in [0.2, 0.25) is 0 Å². The van der Waals surface area contributed by atoms with Crippen LogP contribution < -0.4 is 0 Å². The average Bonchev–Trinajstić information content (AvgIpc) is 3.18. The van der Waals surface area contributed by atoms with Gasteiger partial charge in [-0.25, -0.2) is 4.68 Å². The van der Waals surface area contributed by atoms with Gasteiger partial charge in [0, 0.05) is 13.1 Å². The van der Waals surface area contributed by atoms with E-state index in [9.17, 15) is 4.79 Å². The summed E-state index contributed by atoms with van der Waals surface area (Å²) in [6, 6.07) is 10.4. The van der Waals surface area contributed by atoms with Crippen molar-refractivity contribution in [2.45, 2.75) is 38.3 Å². The van der Waals surface area contributed by atoms with Gasteiger partial charge in [0.25, 0.3) is 5.91 Å². The number of carbonyl (C=O) groups is 1. The minimum Gasteiger partial charge on any atom is -0.337 e. The Hall–Kier alpha value is -2.17. The fourth-order valence-corrected chi connectivity index (χ4v) is 2.88. The van der Waals surface area contributed by atoms with Crippen LogP contribution in [0.1, 0.15) is 41.7 Å². The van der Waals surface area contributed by atoms with Gasteiger partial charge in [0.1, 0.15) is 0 Å². The fourth-order valence-electron chi connectivity index (χ4n) is 2.88. The van der Waals surface area contributed by atoms with Crippen molar-refractivity contribution in [3.8, 4) is 0 Å². The number of amides is 1. The number of benzene rings is 1. The summed E-state index contributed by atoms with van der Waals surface area (Å²) in [7, 11) is 1.87. The second-order valence-corrected chi connectivity index (χ2v) is 5.64. The first-order valence-electron chi connectivity index (χ1n) is 7.45. The number of hydrogen-bond acceptors (Lipinski definition) is 3. The van der Waals surface area contributed by atoms with Crippen molar-refractivity contribution in [1.82, 2.24) is 19.9 Å². The van der Waals surface area contributed by atoms with Gasteiger partial charge < -0.3 is 4.90 Å². The molecule has 1 aromatic heterocycles. The van der Waals surface area contributed by atoms with Crippen LogP contribution in [0.15, 0.2) is 36.5 Å². The molecule has 21 heavy (non-hydrogen) atoms. The molecule has 0 radical (unpaired) electrons. The van der Waals surface area contributed by atoms with Crippen molar-refractivity contribution in [3.63, 3.8) is 0 Å². The third-order valence-corrected chi connectivity index (χ3v) is 4.14. The number of rotatable bonds is 4. The lowest BCUT2D eigenvalue weighted by atomic mass is 10.2. The molecule has 1 fully saturated rings. The highest BCUT2D eigenvalue weighted by molar-refractivity contribution is 5.91. The molecule has 1 aliphatic rings. The summed E-state index contributed by atoms with van der Waals surface area (Å²) < 4.78 is 1.71. The zero-order chi connectivity index (χ0) is 14.7. The second kappa shape index (κ2) is 6.08. The molecule has 5 heteroatoms. The van der Waals surface area contributed by atoms with E-state index in [4.69, 9.17) is 0 Å². The van der Waals surface area contributed by atoms with Crippen LogP contribution in [0, 0.1) is 0 Å². The quantitative estimate of drug-likeness (QED) is 0.866. The molecular weight excluding hydrogens is 264 g/mol. The topological polar surface area (TPSA) is 51.0 Å². The van der Waals surface area contributed by atoms with Gasteiger partial charge in [-0.1, -0.05) is 48.4 Å². The van der Waals surface area contributed by atoms with Gasteiger partial charge in [-0.15, -0.1) is 5.10 Å². The first kappa shape index (κ1) is 13.8. The van der Waals surface area contributed by atoms with Crippen LogP contribution in [-0.2, 0) is 6.54 Å². The second-order valence-electron chi connectivity index (χ2n) is 5.64. The van der Waals surface area contributed by atoms with E-state index in [0.29, 0.717) is 18.3 Å². The highest BCUT2D eigenvalue weighted by Crippen LogP contribution is 2.23. The van der Waals surface area contributed by atoms with Gasteiger partial charge in [0.2, 0.25) is 0 Å². The third-order valence-electron chi connectivity index (χ3n) is 4.14. The lowest BCUT2D eigenvalue weighted by Gasteiger charge is -2.22. The Morgan fingerprint density at radius 1 is 1.29 bits per heavy atom. The number of hydrogen-bond donors (Lipinski definition) is 0. The zero-order valence-corrected chi connectivity index (χ0v) is 12.3. The van der Waals surface area contributed by atoms with Crippen molar-refractivity contribution in [3.05, 3.63) is 47.8 Å². The molecule has 0 bridgehead atoms. The molecule has 110 valence electrons. The Kier molecular flexibility index (Phi) is 3.99. The Labute approximate surface area is 124 Å². The molecule has 1 saturated carbocycles. The average molecular weight is 284 g/mol. The van der Waals surface area contributed by atoms with Gasteiger partial charge in [-0.2, -0.15) is 0 Å². The van der Waals surface area contributed by atoms with Gasteiger partial charge in [-0.05, 0) is 18.4 Å². The SMILES string of the molecule is CN(C(=O)c1cn(Cc2ccccc2)nn1)C1CCCC1. The van der Waals surface area contributed by atoms with E-state index in [-0.39, 0.29) is 5.91 Å². The van der Waals surface area contributed by atoms with Crippen molar-refractivity contribution >= 4 is 5.91 Å². The predicted molar refractivity (Wildman–Crippen MR) is 79.9 cm³/mol. The van der Waals surface area contributed by atoms with Crippen LogP contribution >= 0.6 is 0 Å². The Balaban J connectivity index is 1.68.